The molecule has 0 amide bonds. The fourth-order valence-electron chi connectivity index (χ4n) is 3.13. The second kappa shape index (κ2) is 10.1. The number of benzene rings is 2. The molecule has 1 fully saturated rings. The van der Waals surface area contributed by atoms with Crippen LogP contribution in [0, 0.1) is 40.5 Å². The Bertz CT molecular complexity index is 1150. The van der Waals surface area contributed by atoms with Crippen molar-refractivity contribution in [1.82, 2.24) is 0 Å². The molecule has 1 aliphatic carbocycles. The summed E-state index contributed by atoms with van der Waals surface area (Å²) < 4.78 is 0. The van der Waals surface area contributed by atoms with Crippen molar-refractivity contribution in [2.75, 3.05) is 10.9 Å². The Hall–Kier alpha value is -5.02. The van der Waals surface area contributed by atoms with Crippen molar-refractivity contribution >= 4 is 45.5 Å². The lowest BCUT2D eigenvalue weighted by molar-refractivity contribution is -0.393. The number of hydrazone groups is 2. The van der Waals surface area contributed by atoms with E-state index in [0.717, 1.165) is 37.1 Å². The van der Waals surface area contributed by atoms with E-state index >= 15 is 0 Å². The van der Waals surface area contributed by atoms with Gasteiger partial charge in [0.25, 0.3) is 11.4 Å². The van der Waals surface area contributed by atoms with E-state index in [4.69, 9.17) is 0 Å². The maximum absolute atomic E-state index is 11.3. The van der Waals surface area contributed by atoms with Crippen molar-refractivity contribution in [2.45, 2.75) is 25.7 Å². The molecule has 1 saturated carbocycles. The summed E-state index contributed by atoms with van der Waals surface area (Å²) in [5.74, 6) is 0. The summed E-state index contributed by atoms with van der Waals surface area (Å²) in [5, 5.41) is 52.6. The smallest absolute Gasteiger partial charge is 0.271 e. The summed E-state index contributed by atoms with van der Waals surface area (Å²) in [6, 6.07) is 6.15. The van der Waals surface area contributed by atoms with E-state index in [1.54, 1.807) is 0 Å². The van der Waals surface area contributed by atoms with Gasteiger partial charge in [-0.3, -0.25) is 51.3 Å². The average molecular weight is 472 g/mol. The quantitative estimate of drug-likeness (QED) is 0.412. The molecule has 0 aromatic heterocycles. The molecule has 2 aromatic rings. The van der Waals surface area contributed by atoms with Crippen LogP contribution in [0.4, 0.5) is 34.1 Å². The first kappa shape index (κ1) is 23.6. The molecule has 34 heavy (non-hydrogen) atoms. The molecule has 0 heterocycles. The van der Waals surface area contributed by atoms with E-state index in [0.29, 0.717) is 24.3 Å². The van der Waals surface area contributed by atoms with Gasteiger partial charge in [0.2, 0.25) is 0 Å². The predicted molar refractivity (Wildman–Crippen MR) is 120 cm³/mol. The van der Waals surface area contributed by atoms with Gasteiger partial charge >= 0.3 is 11.4 Å². The highest BCUT2D eigenvalue weighted by molar-refractivity contribution is 6.43. The Kier molecular flexibility index (Phi) is 7.00. The van der Waals surface area contributed by atoms with Gasteiger partial charge in [-0.2, -0.15) is 10.2 Å². The molecule has 0 unspecified atom stereocenters. The second-order valence-electron chi connectivity index (χ2n) is 6.98. The Morgan fingerprint density at radius 1 is 0.618 bits per heavy atom. The topological polar surface area (TPSA) is 221 Å². The monoisotopic (exact) mass is 472 g/mol. The lowest BCUT2D eigenvalue weighted by Gasteiger charge is -2.16. The Morgan fingerprint density at radius 3 is 1.32 bits per heavy atom. The average Bonchev–Trinajstić information content (AvgIpc) is 2.81. The zero-order valence-electron chi connectivity index (χ0n) is 17.2. The third kappa shape index (κ3) is 5.42. The van der Waals surface area contributed by atoms with Crippen LogP contribution < -0.4 is 10.9 Å². The number of nitro benzene ring substituents is 4. The van der Waals surface area contributed by atoms with Crippen molar-refractivity contribution < 1.29 is 19.7 Å². The maximum atomic E-state index is 11.3. The van der Waals surface area contributed by atoms with Crippen LogP contribution in [0.15, 0.2) is 46.6 Å². The van der Waals surface area contributed by atoms with Crippen LogP contribution in [-0.4, -0.2) is 31.1 Å². The first-order valence-electron chi connectivity index (χ1n) is 9.68. The van der Waals surface area contributed by atoms with Gasteiger partial charge in [0.1, 0.15) is 11.4 Å². The molecule has 0 aliphatic heterocycles. The SMILES string of the molecule is O=[N+]([O-])c1ccc(N/N=C2/CCCC/C2=N\Nc2ccc([N+](=O)[O-])cc2[N+](=O)[O-])c([N+](=O)[O-])c1. The van der Waals surface area contributed by atoms with Crippen molar-refractivity contribution in [2.24, 2.45) is 10.2 Å². The van der Waals surface area contributed by atoms with E-state index < -0.39 is 42.4 Å². The van der Waals surface area contributed by atoms with Gasteiger partial charge in [0.15, 0.2) is 0 Å². The molecule has 16 nitrogen and oxygen atoms in total. The Morgan fingerprint density at radius 2 is 1.00 bits per heavy atom. The van der Waals surface area contributed by atoms with Crippen LogP contribution in [0.1, 0.15) is 25.7 Å². The summed E-state index contributed by atoms with van der Waals surface area (Å²) in [7, 11) is 0. The number of anilines is 2. The van der Waals surface area contributed by atoms with E-state index in [-0.39, 0.29) is 11.4 Å². The molecular formula is C18H16N8O8. The lowest BCUT2D eigenvalue weighted by Crippen LogP contribution is -2.22. The van der Waals surface area contributed by atoms with Gasteiger partial charge in [0, 0.05) is 12.1 Å². The normalized spacial score (nSPS) is 15.6. The summed E-state index contributed by atoms with van der Waals surface area (Å²) in [5.41, 5.74) is 3.85. The Balaban J connectivity index is 1.87. The fourth-order valence-corrected chi connectivity index (χ4v) is 3.13. The maximum Gasteiger partial charge on any atom is 0.301 e. The molecule has 2 N–H and O–H groups in total. The number of rotatable bonds is 8. The molecular weight excluding hydrogens is 456 g/mol. The van der Waals surface area contributed by atoms with Gasteiger partial charge in [-0.1, -0.05) is 0 Å². The minimum Gasteiger partial charge on any atom is -0.271 e. The molecule has 0 saturated heterocycles. The zero-order valence-corrected chi connectivity index (χ0v) is 17.2. The third-order valence-corrected chi connectivity index (χ3v) is 4.81. The second-order valence-corrected chi connectivity index (χ2v) is 6.98. The number of nitrogens with zero attached hydrogens (tertiary/aromatic N) is 6. The third-order valence-electron chi connectivity index (χ3n) is 4.81. The molecule has 0 bridgehead atoms. The molecule has 0 radical (unpaired) electrons. The van der Waals surface area contributed by atoms with Crippen molar-refractivity contribution in [1.29, 1.82) is 0 Å². The van der Waals surface area contributed by atoms with Crippen molar-refractivity contribution in [3.8, 4) is 0 Å². The van der Waals surface area contributed by atoms with Crippen LogP contribution in [-0.2, 0) is 0 Å². The van der Waals surface area contributed by atoms with Gasteiger partial charge in [-0.25, -0.2) is 0 Å². The number of hydrogen-bond donors (Lipinski definition) is 2. The molecule has 16 heteroatoms. The minimum absolute atomic E-state index is 0.0630. The highest BCUT2D eigenvalue weighted by Crippen LogP contribution is 2.30. The van der Waals surface area contributed by atoms with Crippen molar-refractivity contribution in [3.63, 3.8) is 0 Å². The molecule has 3 rings (SSSR count). The van der Waals surface area contributed by atoms with Crippen LogP contribution in [0.2, 0.25) is 0 Å². The molecule has 1 aliphatic rings. The van der Waals surface area contributed by atoms with E-state index in [1.165, 1.54) is 12.1 Å². The summed E-state index contributed by atoms with van der Waals surface area (Å²) in [6.07, 6.45) is 2.41. The van der Waals surface area contributed by atoms with Gasteiger partial charge in [-0.15, -0.1) is 0 Å². The van der Waals surface area contributed by atoms with E-state index in [1.807, 2.05) is 0 Å². The first-order chi connectivity index (χ1) is 16.2. The highest BCUT2D eigenvalue weighted by Gasteiger charge is 2.22. The van der Waals surface area contributed by atoms with Crippen LogP contribution in [0.25, 0.3) is 0 Å². The standard InChI is InChI=1S/C18H16N8O8/c27-23(28)11-5-7-15(17(9-11)25(31)32)21-19-13-3-1-2-4-14(13)20-22-16-8-6-12(24(29)30)10-18(16)26(33)34/h5-10,21-22H,1-4H2/b19-13-,20-14+. The number of non-ortho nitro benzene ring substituents is 2. The molecule has 0 spiro atoms. The van der Waals surface area contributed by atoms with Crippen LogP contribution in [0.3, 0.4) is 0 Å². The molecule has 2 aromatic carbocycles. The number of nitrogens with one attached hydrogen (secondary N) is 2. The molecule has 176 valence electrons. The minimum atomic E-state index is -0.777. The van der Waals surface area contributed by atoms with Crippen molar-refractivity contribution in [3.05, 3.63) is 76.9 Å². The lowest BCUT2D eigenvalue weighted by atomic mass is 9.96. The van der Waals surface area contributed by atoms with E-state index in [2.05, 4.69) is 21.1 Å². The zero-order chi connectivity index (χ0) is 24.8. The van der Waals surface area contributed by atoms with Crippen LogP contribution >= 0.6 is 0 Å². The number of hydrogen-bond acceptors (Lipinski definition) is 12. The fraction of sp³-hybridized carbons (Fsp3) is 0.222. The Labute approximate surface area is 189 Å². The number of nitro groups is 4. The van der Waals surface area contributed by atoms with Gasteiger partial charge in [-0.05, 0) is 37.8 Å². The van der Waals surface area contributed by atoms with Crippen LogP contribution in [0.5, 0.6) is 0 Å². The molecule has 0 atom stereocenters. The van der Waals surface area contributed by atoms with Gasteiger partial charge < -0.3 is 0 Å². The summed E-state index contributed by atoms with van der Waals surface area (Å²) >= 11 is 0. The largest absolute Gasteiger partial charge is 0.301 e. The van der Waals surface area contributed by atoms with E-state index in [9.17, 15) is 40.5 Å². The van der Waals surface area contributed by atoms with Gasteiger partial charge in [0.05, 0.1) is 43.2 Å². The summed E-state index contributed by atoms with van der Waals surface area (Å²) in [6.45, 7) is 0. The summed E-state index contributed by atoms with van der Waals surface area (Å²) in [4.78, 5) is 41.3. The highest BCUT2D eigenvalue weighted by atomic mass is 16.6. The first-order valence-corrected chi connectivity index (χ1v) is 9.68. The predicted octanol–water partition coefficient (Wildman–Crippen LogP) is 4.13.